The Balaban J connectivity index is 1.73. The van der Waals surface area contributed by atoms with Gasteiger partial charge in [-0.15, -0.1) is 0 Å². The molecule has 2 saturated carbocycles. The average Bonchev–Trinajstić information content (AvgIpc) is 2.99. The lowest BCUT2D eigenvalue weighted by atomic mass is 10.3. The highest BCUT2D eigenvalue weighted by Gasteiger charge is 2.11. The number of aliphatic imine (C=N–C) groups is 2. The van der Waals surface area contributed by atoms with Crippen molar-refractivity contribution in [1.82, 2.24) is 0 Å². The zero-order chi connectivity index (χ0) is 12.8. The predicted octanol–water partition coefficient (Wildman–Crippen LogP) is 4.97. The van der Waals surface area contributed by atoms with Crippen LogP contribution in [-0.4, -0.2) is 20.1 Å². The van der Waals surface area contributed by atoms with Gasteiger partial charge < -0.3 is 0 Å². The maximum atomic E-state index is 5.24. The summed E-state index contributed by atoms with van der Waals surface area (Å²) in [5.74, 6) is 0. The van der Waals surface area contributed by atoms with Gasteiger partial charge in [0.1, 0.15) is 0 Å². The third-order valence-electron chi connectivity index (χ3n) is 3.04. The summed E-state index contributed by atoms with van der Waals surface area (Å²) < 4.78 is 1.37. The van der Waals surface area contributed by atoms with Gasteiger partial charge in [0.15, 0.2) is 8.64 Å². The topological polar surface area (TPSA) is 24.7 Å². The molecule has 0 saturated heterocycles. The minimum Gasteiger partial charge on any atom is -0.238 e. The Kier molecular flexibility index (Phi) is 6.28. The Bertz CT molecular complexity index is 347. The number of hydrogen-bond donors (Lipinski definition) is 0. The first-order chi connectivity index (χ1) is 8.74. The zero-order valence-electron chi connectivity index (χ0n) is 10.2. The summed E-state index contributed by atoms with van der Waals surface area (Å²) in [6, 6.07) is 0. The summed E-state index contributed by atoms with van der Waals surface area (Å²) in [4.78, 5) is 8.92. The molecule has 18 heavy (non-hydrogen) atoms. The van der Waals surface area contributed by atoms with Crippen molar-refractivity contribution in [3.63, 3.8) is 0 Å². The fraction of sp³-hybridized carbons (Fsp3) is 0.667. The van der Waals surface area contributed by atoms with Crippen molar-refractivity contribution in [2.45, 2.75) is 51.4 Å². The van der Waals surface area contributed by atoms with Gasteiger partial charge in [-0.3, -0.25) is 0 Å². The van der Waals surface area contributed by atoms with Crippen molar-refractivity contribution >= 4 is 66.1 Å². The molecule has 98 valence electrons. The molecule has 6 heteroatoms. The van der Waals surface area contributed by atoms with Crippen molar-refractivity contribution in [3.05, 3.63) is 0 Å². The van der Waals surface area contributed by atoms with E-state index in [4.69, 9.17) is 24.4 Å². The maximum absolute atomic E-state index is 5.24. The first-order valence-electron chi connectivity index (χ1n) is 6.29. The number of rotatable bonds is 0. The van der Waals surface area contributed by atoms with Gasteiger partial charge in [-0.05, 0) is 97.4 Å². The van der Waals surface area contributed by atoms with Crippen LogP contribution < -0.4 is 0 Å². The van der Waals surface area contributed by atoms with Gasteiger partial charge in [-0.1, -0.05) is 0 Å². The van der Waals surface area contributed by atoms with Gasteiger partial charge >= 0.3 is 0 Å². The van der Waals surface area contributed by atoms with Crippen LogP contribution in [0.25, 0.3) is 0 Å². The van der Waals surface area contributed by atoms with E-state index in [1.807, 2.05) is 0 Å². The molecule has 0 spiro atoms. The van der Waals surface area contributed by atoms with Gasteiger partial charge in [-0.25, -0.2) is 9.98 Å². The first kappa shape index (κ1) is 14.6. The molecule has 0 radical (unpaired) electrons. The van der Waals surface area contributed by atoms with Gasteiger partial charge in [0, 0.05) is 11.4 Å². The van der Waals surface area contributed by atoms with E-state index in [1.54, 1.807) is 0 Å². The SMILES string of the molecule is S=C(N=C1CCCC1)SSC(=S)N=C1CCCC1. The summed E-state index contributed by atoms with van der Waals surface area (Å²) >= 11 is 10.5. The molecule has 0 aromatic heterocycles. The van der Waals surface area contributed by atoms with Crippen LogP contribution in [0.15, 0.2) is 9.98 Å². The fourth-order valence-electron chi connectivity index (χ4n) is 2.16. The predicted molar refractivity (Wildman–Crippen MR) is 92.2 cm³/mol. The number of thiocarbonyl (C=S) groups is 2. The van der Waals surface area contributed by atoms with Crippen molar-refractivity contribution in [2.24, 2.45) is 9.98 Å². The van der Waals surface area contributed by atoms with Crippen LogP contribution >= 0.6 is 46.0 Å². The Morgan fingerprint density at radius 2 is 1.06 bits per heavy atom. The number of nitrogens with zero attached hydrogens (tertiary/aromatic N) is 2. The number of hydrogen-bond acceptors (Lipinski definition) is 4. The lowest BCUT2D eigenvalue weighted by molar-refractivity contribution is 0.886. The highest BCUT2D eigenvalue weighted by atomic mass is 33.1. The third kappa shape index (κ3) is 5.07. The van der Waals surface area contributed by atoms with E-state index in [9.17, 15) is 0 Å². The van der Waals surface area contributed by atoms with Crippen molar-refractivity contribution in [3.8, 4) is 0 Å². The molecule has 0 aromatic rings. The summed E-state index contributed by atoms with van der Waals surface area (Å²) in [7, 11) is 2.93. The van der Waals surface area contributed by atoms with E-state index in [2.05, 4.69) is 9.98 Å². The molecule has 0 aliphatic heterocycles. The van der Waals surface area contributed by atoms with Crippen LogP contribution in [0.2, 0.25) is 0 Å². The molecule has 0 N–H and O–H groups in total. The van der Waals surface area contributed by atoms with Gasteiger partial charge in [0.05, 0.1) is 0 Å². The third-order valence-corrected chi connectivity index (χ3v) is 6.11. The summed E-state index contributed by atoms with van der Waals surface area (Å²) in [6.45, 7) is 0. The minimum absolute atomic E-state index is 0.686. The molecule has 0 atom stereocenters. The lowest BCUT2D eigenvalue weighted by Gasteiger charge is -1.99. The van der Waals surface area contributed by atoms with Crippen LogP contribution in [0.4, 0.5) is 0 Å². The fourth-order valence-corrected chi connectivity index (χ4v) is 4.15. The maximum Gasteiger partial charge on any atom is 0.170 e. The lowest BCUT2D eigenvalue weighted by Crippen LogP contribution is -1.94. The van der Waals surface area contributed by atoms with E-state index < -0.39 is 0 Å². The molecule has 0 amide bonds. The standard InChI is InChI=1S/C12H16N2S4/c15-11(13-9-5-1-2-6-9)17-18-12(16)14-10-7-3-4-8-10/h1-8H2. The second-order valence-electron chi connectivity index (χ2n) is 4.47. The van der Waals surface area contributed by atoms with Gasteiger partial charge in [0.25, 0.3) is 0 Å². The Morgan fingerprint density at radius 1 is 0.722 bits per heavy atom. The van der Waals surface area contributed by atoms with Gasteiger partial charge in [-0.2, -0.15) is 0 Å². The quantitative estimate of drug-likeness (QED) is 0.465. The van der Waals surface area contributed by atoms with Gasteiger partial charge in [0.2, 0.25) is 0 Å². The first-order valence-corrected chi connectivity index (χ1v) is 9.26. The van der Waals surface area contributed by atoms with Crippen LogP contribution in [0.3, 0.4) is 0 Å². The van der Waals surface area contributed by atoms with E-state index in [0.29, 0.717) is 8.64 Å². The van der Waals surface area contributed by atoms with E-state index >= 15 is 0 Å². The summed E-state index contributed by atoms with van der Waals surface area (Å²) in [6.07, 6.45) is 9.46. The molecular formula is C12H16N2S4. The van der Waals surface area contributed by atoms with Crippen LogP contribution in [0.5, 0.6) is 0 Å². The smallest absolute Gasteiger partial charge is 0.170 e. The summed E-state index contributed by atoms with van der Waals surface area (Å²) in [5.41, 5.74) is 2.50. The molecule has 2 aliphatic rings. The molecule has 0 heterocycles. The van der Waals surface area contributed by atoms with Crippen LogP contribution in [0.1, 0.15) is 51.4 Å². The summed E-state index contributed by atoms with van der Waals surface area (Å²) in [5, 5.41) is 0. The monoisotopic (exact) mass is 316 g/mol. The molecule has 2 rings (SSSR count). The normalized spacial score (nSPS) is 19.1. The van der Waals surface area contributed by atoms with Crippen molar-refractivity contribution < 1.29 is 0 Å². The highest BCUT2D eigenvalue weighted by molar-refractivity contribution is 8.89. The Hall–Kier alpha value is 0.220. The van der Waals surface area contributed by atoms with Crippen molar-refractivity contribution in [2.75, 3.05) is 0 Å². The minimum atomic E-state index is 0.686. The second-order valence-corrected chi connectivity index (χ2v) is 7.87. The molecule has 0 aromatic carbocycles. The molecular weight excluding hydrogens is 300 g/mol. The molecule has 2 nitrogen and oxygen atoms in total. The molecule has 0 bridgehead atoms. The van der Waals surface area contributed by atoms with E-state index in [0.717, 1.165) is 25.7 Å². The average molecular weight is 317 g/mol. The van der Waals surface area contributed by atoms with E-state index in [-0.39, 0.29) is 0 Å². The van der Waals surface area contributed by atoms with E-state index in [1.165, 1.54) is 58.7 Å². The Morgan fingerprint density at radius 3 is 1.39 bits per heavy atom. The van der Waals surface area contributed by atoms with Crippen LogP contribution in [0, 0.1) is 0 Å². The highest BCUT2D eigenvalue weighted by Crippen LogP contribution is 2.28. The molecule has 2 aliphatic carbocycles. The largest absolute Gasteiger partial charge is 0.238 e. The molecule has 0 unspecified atom stereocenters. The second kappa shape index (κ2) is 7.72. The van der Waals surface area contributed by atoms with Crippen molar-refractivity contribution in [1.29, 1.82) is 0 Å². The molecule has 2 fully saturated rings. The van der Waals surface area contributed by atoms with Crippen LogP contribution in [-0.2, 0) is 0 Å². The zero-order valence-corrected chi connectivity index (χ0v) is 13.5. The Labute approximate surface area is 127 Å².